The van der Waals surface area contributed by atoms with Gasteiger partial charge in [-0.05, 0) is 56.7 Å². The lowest BCUT2D eigenvalue weighted by atomic mass is 10.2. The van der Waals surface area contributed by atoms with Gasteiger partial charge < -0.3 is 5.32 Å². The lowest BCUT2D eigenvalue weighted by Crippen LogP contribution is -2.24. The maximum Gasteiger partial charge on any atom is 0.252 e. The zero-order valence-electron chi connectivity index (χ0n) is 7.69. The molecule has 0 aliphatic heterocycles. The Hall–Kier alpha value is 0.120. The molecule has 0 fully saturated rings. The maximum absolute atomic E-state index is 11.7. The Balaban J connectivity index is 2.81. The van der Waals surface area contributed by atoms with E-state index in [0.717, 1.165) is 12.5 Å². The van der Waals surface area contributed by atoms with Crippen molar-refractivity contribution >= 4 is 60.4 Å². The fourth-order valence-electron chi connectivity index (χ4n) is 0.943. The summed E-state index contributed by atoms with van der Waals surface area (Å²) in [6.45, 7) is 4.08. The van der Waals surface area contributed by atoms with E-state index in [0.29, 0.717) is 12.1 Å². The smallest absolute Gasteiger partial charge is 0.252 e. The summed E-state index contributed by atoms with van der Waals surface area (Å²) in [5, 5.41) is 2.75. The molecule has 1 N–H and O–H groups in total. The zero-order chi connectivity index (χ0) is 11.4. The molecule has 0 saturated carbocycles. The summed E-state index contributed by atoms with van der Waals surface area (Å²) in [4.78, 5) is 11.7. The number of carbonyl (C=O) groups is 1. The molecule has 0 bridgehead atoms. The highest BCUT2D eigenvalue weighted by Gasteiger charge is 2.09. The third kappa shape index (κ3) is 4.24. The minimum atomic E-state index is -0.110. The van der Waals surface area contributed by atoms with E-state index in [-0.39, 0.29) is 5.91 Å². The van der Waals surface area contributed by atoms with E-state index >= 15 is 0 Å². The van der Waals surface area contributed by atoms with E-state index in [4.69, 9.17) is 0 Å². The highest BCUT2D eigenvalue weighted by Crippen LogP contribution is 2.19. The molecule has 0 saturated heterocycles. The molecular formula is C10H8Br2INO. The first-order valence-corrected chi connectivity index (χ1v) is 6.73. The van der Waals surface area contributed by atoms with Crippen LogP contribution in [-0.4, -0.2) is 12.5 Å². The van der Waals surface area contributed by atoms with Gasteiger partial charge in [0.1, 0.15) is 0 Å². The van der Waals surface area contributed by atoms with Crippen molar-refractivity contribution in [3.8, 4) is 0 Å². The number of rotatable bonds is 3. The number of benzene rings is 1. The van der Waals surface area contributed by atoms with Crippen molar-refractivity contribution in [2.75, 3.05) is 6.54 Å². The molecule has 0 aromatic heterocycles. The zero-order valence-corrected chi connectivity index (χ0v) is 13.0. The molecule has 1 aromatic rings. The van der Waals surface area contributed by atoms with Gasteiger partial charge in [0.05, 0.1) is 5.56 Å². The fourth-order valence-corrected chi connectivity index (χ4v) is 2.00. The van der Waals surface area contributed by atoms with Gasteiger partial charge in [-0.3, -0.25) is 4.79 Å². The number of hydrogen-bond acceptors (Lipinski definition) is 1. The number of halogens is 3. The minimum absolute atomic E-state index is 0.110. The lowest BCUT2D eigenvalue weighted by molar-refractivity contribution is 0.0957. The molecule has 0 aliphatic rings. The van der Waals surface area contributed by atoms with Gasteiger partial charge in [-0.25, -0.2) is 0 Å². The van der Waals surface area contributed by atoms with Crippen LogP contribution in [0.15, 0.2) is 33.7 Å². The van der Waals surface area contributed by atoms with E-state index in [1.54, 1.807) is 0 Å². The van der Waals surface area contributed by atoms with Gasteiger partial charge in [0.25, 0.3) is 5.91 Å². The van der Waals surface area contributed by atoms with E-state index in [9.17, 15) is 4.79 Å². The molecule has 5 heteroatoms. The second kappa shape index (κ2) is 6.00. The van der Waals surface area contributed by atoms with E-state index in [1.165, 1.54) is 0 Å². The quantitative estimate of drug-likeness (QED) is 0.708. The highest BCUT2D eigenvalue weighted by molar-refractivity contribution is 14.1. The average Bonchev–Trinajstić information content (AvgIpc) is 2.18. The first-order valence-electron chi connectivity index (χ1n) is 4.07. The van der Waals surface area contributed by atoms with Crippen LogP contribution in [0.3, 0.4) is 0 Å². The van der Waals surface area contributed by atoms with Gasteiger partial charge in [-0.15, -0.1) is 0 Å². The SMILES string of the molecule is C=C(Br)CNC(=O)c1cc(I)ccc1Br. The van der Waals surface area contributed by atoms with Gasteiger partial charge in [0.15, 0.2) is 0 Å². The molecular weight excluding hydrogens is 437 g/mol. The summed E-state index contributed by atoms with van der Waals surface area (Å²) >= 11 is 8.70. The predicted molar refractivity (Wildman–Crippen MR) is 77.3 cm³/mol. The van der Waals surface area contributed by atoms with Crippen LogP contribution >= 0.6 is 54.5 Å². The first-order chi connectivity index (χ1) is 7.00. The predicted octanol–water partition coefficient (Wildman–Crippen LogP) is 3.69. The Bertz CT molecular complexity index is 406. The molecule has 0 radical (unpaired) electrons. The standard InChI is InChI=1S/C10H8Br2INO/c1-6(11)5-14-10(15)8-4-7(13)2-3-9(8)12/h2-4H,1,5H2,(H,14,15). The van der Waals surface area contributed by atoms with Crippen molar-refractivity contribution < 1.29 is 4.79 Å². The summed E-state index contributed by atoms with van der Waals surface area (Å²) in [7, 11) is 0. The van der Waals surface area contributed by atoms with Crippen molar-refractivity contribution in [1.82, 2.24) is 5.32 Å². The molecule has 1 rings (SSSR count). The number of carbonyl (C=O) groups excluding carboxylic acids is 1. The van der Waals surface area contributed by atoms with Crippen molar-refractivity contribution in [2.45, 2.75) is 0 Å². The first kappa shape index (κ1) is 13.2. The van der Waals surface area contributed by atoms with Crippen LogP contribution in [0.1, 0.15) is 10.4 Å². The fraction of sp³-hybridized carbons (Fsp3) is 0.100. The monoisotopic (exact) mass is 443 g/mol. The third-order valence-electron chi connectivity index (χ3n) is 1.61. The van der Waals surface area contributed by atoms with E-state index in [1.807, 2.05) is 18.2 Å². The number of hydrogen-bond donors (Lipinski definition) is 1. The molecule has 0 aliphatic carbocycles. The Morgan fingerprint density at radius 3 is 2.80 bits per heavy atom. The second-order valence-electron chi connectivity index (χ2n) is 2.82. The maximum atomic E-state index is 11.7. The van der Waals surface area contributed by atoms with Crippen LogP contribution in [0.5, 0.6) is 0 Å². The summed E-state index contributed by atoms with van der Waals surface area (Å²) in [6, 6.07) is 5.63. The molecule has 0 atom stereocenters. The van der Waals surface area contributed by atoms with Crippen LogP contribution in [0.25, 0.3) is 0 Å². The molecule has 15 heavy (non-hydrogen) atoms. The van der Waals surface area contributed by atoms with Crippen LogP contribution in [0.2, 0.25) is 0 Å². The Morgan fingerprint density at radius 2 is 2.20 bits per heavy atom. The summed E-state index contributed by atoms with van der Waals surface area (Å²) in [5.41, 5.74) is 0.635. The van der Waals surface area contributed by atoms with Crippen LogP contribution in [-0.2, 0) is 0 Å². The van der Waals surface area contributed by atoms with Crippen LogP contribution in [0.4, 0.5) is 0 Å². The van der Waals surface area contributed by atoms with Crippen LogP contribution < -0.4 is 5.32 Å². The van der Waals surface area contributed by atoms with Gasteiger partial charge >= 0.3 is 0 Å². The summed E-state index contributed by atoms with van der Waals surface area (Å²) in [6.07, 6.45) is 0. The van der Waals surface area contributed by atoms with Gasteiger partial charge in [-0.2, -0.15) is 0 Å². The molecule has 2 nitrogen and oxygen atoms in total. The van der Waals surface area contributed by atoms with Crippen molar-refractivity contribution in [3.63, 3.8) is 0 Å². The minimum Gasteiger partial charge on any atom is -0.347 e. The molecule has 0 unspecified atom stereocenters. The number of amides is 1. The average molecular weight is 445 g/mol. The van der Waals surface area contributed by atoms with Crippen molar-refractivity contribution in [2.24, 2.45) is 0 Å². The third-order valence-corrected chi connectivity index (χ3v) is 3.26. The molecule has 1 amide bonds. The lowest BCUT2D eigenvalue weighted by Gasteiger charge is -2.06. The number of nitrogens with one attached hydrogen (secondary N) is 1. The van der Waals surface area contributed by atoms with Crippen molar-refractivity contribution in [3.05, 3.63) is 42.9 Å². The second-order valence-corrected chi connectivity index (χ2v) is 6.05. The topological polar surface area (TPSA) is 29.1 Å². The van der Waals surface area contributed by atoms with Gasteiger partial charge in [0, 0.05) is 19.1 Å². The van der Waals surface area contributed by atoms with Gasteiger partial charge in [0.2, 0.25) is 0 Å². The Labute approximate surface area is 119 Å². The molecule has 1 aromatic carbocycles. The largest absolute Gasteiger partial charge is 0.347 e. The van der Waals surface area contributed by atoms with Crippen LogP contribution in [0, 0.1) is 3.57 Å². The highest BCUT2D eigenvalue weighted by atomic mass is 127. The summed E-state index contributed by atoms with van der Waals surface area (Å²) in [5.74, 6) is -0.110. The van der Waals surface area contributed by atoms with E-state index < -0.39 is 0 Å². The Kier molecular flexibility index (Phi) is 5.28. The Morgan fingerprint density at radius 1 is 1.53 bits per heavy atom. The van der Waals surface area contributed by atoms with Gasteiger partial charge in [-0.1, -0.05) is 22.5 Å². The normalized spacial score (nSPS) is 9.80. The van der Waals surface area contributed by atoms with E-state index in [2.05, 4.69) is 66.3 Å². The molecule has 0 heterocycles. The van der Waals surface area contributed by atoms with Crippen molar-refractivity contribution in [1.29, 1.82) is 0 Å². The summed E-state index contributed by atoms with van der Waals surface area (Å²) < 4.78 is 2.57. The molecule has 80 valence electrons. The molecule has 0 spiro atoms.